The number of halogens is 1. The molecule has 2 N–H and O–H groups in total. The molecule has 1 atom stereocenters. The zero-order chi connectivity index (χ0) is 18.5. The van der Waals surface area contributed by atoms with Crippen LogP contribution in [0.2, 0.25) is 5.02 Å². The molecule has 0 amide bonds. The zero-order valence-corrected chi connectivity index (χ0v) is 15.2. The summed E-state index contributed by atoms with van der Waals surface area (Å²) in [7, 11) is 0. The van der Waals surface area contributed by atoms with Gasteiger partial charge in [0.05, 0.1) is 5.56 Å². The summed E-state index contributed by atoms with van der Waals surface area (Å²) in [5, 5.41) is 1.69. The van der Waals surface area contributed by atoms with Crippen molar-refractivity contribution < 1.29 is 4.74 Å². The van der Waals surface area contributed by atoms with Gasteiger partial charge >= 0.3 is 0 Å². The first-order valence-corrected chi connectivity index (χ1v) is 8.93. The van der Waals surface area contributed by atoms with Crippen LogP contribution in [0, 0.1) is 6.92 Å². The highest BCUT2D eigenvalue weighted by molar-refractivity contribution is 6.30. The topological polar surface area (TPSA) is 73.9 Å². The van der Waals surface area contributed by atoms with Crippen molar-refractivity contribution in [2.24, 2.45) is 0 Å². The number of ether oxygens (including phenoxy) is 1. The Hall–Kier alpha value is -3.18. The van der Waals surface area contributed by atoms with Gasteiger partial charge in [-0.3, -0.25) is 0 Å². The number of rotatable bonds is 1. The van der Waals surface area contributed by atoms with Crippen LogP contribution in [0.5, 0.6) is 11.6 Å². The maximum Gasteiger partial charge on any atom is 0.228 e. The number of aromatic nitrogens is 3. The van der Waals surface area contributed by atoms with Gasteiger partial charge in [-0.2, -0.15) is 0 Å². The molecule has 0 bridgehead atoms. The van der Waals surface area contributed by atoms with E-state index in [1.165, 1.54) is 6.33 Å². The fourth-order valence-corrected chi connectivity index (χ4v) is 3.73. The van der Waals surface area contributed by atoms with E-state index < -0.39 is 0 Å². The van der Waals surface area contributed by atoms with Crippen LogP contribution in [0.15, 0.2) is 54.9 Å². The standard InChI is InChI=1S/C21H15ClN4O/c1-11-2-3-13-6-9-15-16(12-4-7-14(22)8-5-12)17-20(23)24-10-25-21(17)27-19(15)18(13)26-11/h2-10,16H,1H3,(H2,23,24,25). The highest BCUT2D eigenvalue weighted by Crippen LogP contribution is 2.50. The highest BCUT2D eigenvalue weighted by atomic mass is 35.5. The van der Waals surface area contributed by atoms with E-state index in [1.54, 1.807) is 0 Å². The number of pyridine rings is 1. The molecule has 0 saturated heterocycles. The van der Waals surface area contributed by atoms with E-state index in [0.717, 1.165) is 33.3 Å². The van der Waals surface area contributed by atoms with Gasteiger partial charge in [-0.25, -0.2) is 15.0 Å². The number of benzene rings is 2. The smallest absolute Gasteiger partial charge is 0.228 e. The van der Waals surface area contributed by atoms with E-state index >= 15 is 0 Å². The fraction of sp³-hybridized carbons (Fsp3) is 0.0952. The molecule has 2 aromatic carbocycles. The second-order valence-electron chi connectivity index (χ2n) is 6.57. The maximum absolute atomic E-state index is 6.22. The molecule has 132 valence electrons. The van der Waals surface area contributed by atoms with Gasteiger partial charge in [0.1, 0.15) is 17.7 Å². The lowest BCUT2D eigenvalue weighted by atomic mass is 9.83. The Morgan fingerprint density at radius 1 is 1.00 bits per heavy atom. The Morgan fingerprint density at radius 3 is 2.59 bits per heavy atom. The van der Waals surface area contributed by atoms with Crippen molar-refractivity contribution in [3.8, 4) is 11.6 Å². The molecule has 1 unspecified atom stereocenters. The number of anilines is 1. The van der Waals surface area contributed by atoms with Gasteiger partial charge in [0, 0.05) is 27.6 Å². The number of aryl methyl sites for hydroxylation is 1. The summed E-state index contributed by atoms with van der Waals surface area (Å²) in [5.74, 6) is 1.42. The van der Waals surface area contributed by atoms with Crippen LogP contribution in [-0.2, 0) is 0 Å². The minimum absolute atomic E-state index is 0.158. The molecule has 2 aromatic heterocycles. The maximum atomic E-state index is 6.22. The molecule has 6 heteroatoms. The summed E-state index contributed by atoms with van der Waals surface area (Å²) >= 11 is 6.09. The van der Waals surface area contributed by atoms with Crippen molar-refractivity contribution >= 4 is 28.3 Å². The number of hydrogen-bond acceptors (Lipinski definition) is 5. The van der Waals surface area contributed by atoms with Crippen molar-refractivity contribution in [3.63, 3.8) is 0 Å². The number of nitrogens with two attached hydrogens (primary N) is 1. The number of hydrogen-bond donors (Lipinski definition) is 1. The largest absolute Gasteiger partial charge is 0.436 e. The van der Waals surface area contributed by atoms with Crippen LogP contribution in [0.1, 0.15) is 28.3 Å². The first-order chi connectivity index (χ1) is 13.1. The third kappa shape index (κ3) is 2.51. The van der Waals surface area contributed by atoms with E-state index in [1.807, 2.05) is 43.3 Å². The average Bonchev–Trinajstić information content (AvgIpc) is 2.67. The Kier molecular flexibility index (Phi) is 3.52. The first-order valence-electron chi connectivity index (χ1n) is 8.56. The number of nitrogen functional groups attached to an aromatic ring is 1. The number of fused-ring (bicyclic) bond motifs is 4. The van der Waals surface area contributed by atoms with Crippen molar-refractivity contribution in [2.75, 3.05) is 5.73 Å². The van der Waals surface area contributed by atoms with E-state index in [0.29, 0.717) is 22.5 Å². The van der Waals surface area contributed by atoms with Crippen LogP contribution in [0.3, 0.4) is 0 Å². The molecule has 0 saturated carbocycles. The van der Waals surface area contributed by atoms with E-state index in [2.05, 4.69) is 22.1 Å². The average molecular weight is 375 g/mol. The lowest BCUT2D eigenvalue weighted by Gasteiger charge is -2.29. The van der Waals surface area contributed by atoms with Gasteiger partial charge in [-0.15, -0.1) is 0 Å². The fourth-order valence-electron chi connectivity index (χ4n) is 3.61. The Labute approximate surface area is 160 Å². The molecule has 4 aromatic rings. The van der Waals surface area contributed by atoms with Crippen LogP contribution in [0.25, 0.3) is 10.9 Å². The molecule has 27 heavy (non-hydrogen) atoms. The van der Waals surface area contributed by atoms with E-state index in [9.17, 15) is 0 Å². The monoisotopic (exact) mass is 374 g/mol. The van der Waals surface area contributed by atoms with Crippen molar-refractivity contribution in [1.29, 1.82) is 0 Å². The minimum atomic E-state index is -0.158. The lowest BCUT2D eigenvalue weighted by Crippen LogP contribution is -2.16. The zero-order valence-electron chi connectivity index (χ0n) is 14.5. The van der Waals surface area contributed by atoms with Crippen LogP contribution in [0.4, 0.5) is 5.82 Å². The number of nitrogens with zero attached hydrogens (tertiary/aromatic N) is 3. The summed E-state index contributed by atoms with van der Waals surface area (Å²) in [6.45, 7) is 1.96. The molecule has 3 heterocycles. The molecule has 5 rings (SSSR count). The third-order valence-corrected chi connectivity index (χ3v) is 5.12. The molecule has 0 spiro atoms. The van der Waals surface area contributed by atoms with Gasteiger partial charge in [-0.05, 0) is 30.7 Å². The molecule has 1 aliphatic rings. The Balaban J connectivity index is 1.84. The molecule has 0 radical (unpaired) electrons. The molecular formula is C21H15ClN4O. The van der Waals surface area contributed by atoms with Crippen LogP contribution < -0.4 is 10.5 Å². The van der Waals surface area contributed by atoms with Gasteiger partial charge in [0.15, 0.2) is 5.75 Å². The molecule has 1 aliphatic heterocycles. The first kappa shape index (κ1) is 16.0. The van der Waals surface area contributed by atoms with Crippen molar-refractivity contribution in [2.45, 2.75) is 12.8 Å². The summed E-state index contributed by atoms with van der Waals surface area (Å²) in [6, 6.07) is 15.9. The summed E-state index contributed by atoms with van der Waals surface area (Å²) in [5.41, 5.74) is 10.7. The molecular weight excluding hydrogens is 360 g/mol. The molecule has 0 aliphatic carbocycles. The third-order valence-electron chi connectivity index (χ3n) is 4.87. The predicted molar refractivity (Wildman–Crippen MR) is 105 cm³/mol. The SMILES string of the molecule is Cc1ccc2ccc3c(c2n1)Oc1ncnc(N)c1C3c1ccc(Cl)cc1. The lowest BCUT2D eigenvalue weighted by molar-refractivity contribution is 0.437. The molecule has 5 nitrogen and oxygen atoms in total. The van der Waals surface area contributed by atoms with Gasteiger partial charge in [0.25, 0.3) is 0 Å². The van der Waals surface area contributed by atoms with Crippen molar-refractivity contribution in [1.82, 2.24) is 15.0 Å². The summed E-state index contributed by atoms with van der Waals surface area (Å²) in [4.78, 5) is 13.2. The van der Waals surface area contributed by atoms with E-state index in [4.69, 9.17) is 27.1 Å². The second kappa shape index (κ2) is 5.93. The Bertz CT molecular complexity index is 1190. The van der Waals surface area contributed by atoms with Gasteiger partial charge in [-0.1, -0.05) is 41.9 Å². The summed E-state index contributed by atoms with van der Waals surface area (Å²) in [6.07, 6.45) is 1.42. The van der Waals surface area contributed by atoms with Gasteiger partial charge < -0.3 is 10.5 Å². The van der Waals surface area contributed by atoms with Gasteiger partial charge in [0.2, 0.25) is 5.88 Å². The minimum Gasteiger partial charge on any atom is -0.436 e. The van der Waals surface area contributed by atoms with Crippen molar-refractivity contribution in [3.05, 3.63) is 82.3 Å². The predicted octanol–water partition coefficient (Wildman–Crippen LogP) is 4.85. The quantitative estimate of drug-likeness (QED) is 0.453. The Morgan fingerprint density at radius 2 is 1.78 bits per heavy atom. The van der Waals surface area contributed by atoms with E-state index in [-0.39, 0.29) is 5.92 Å². The summed E-state index contributed by atoms with van der Waals surface area (Å²) < 4.78 is 6.18. The second-order valence-corrected chi connectivity index (χ2v) is 7.01. The van der Waals surface area contributed by atoms with Crippen LogP contribution >= 0.6 is 11.6 Å². The highest BCUT2D eigenvalue weighted by Gasteiger charge is 2.33. The molecule has 0 fully saturated rings. The normalized spacial score (nSPS) is 15.1. The van der Waals surface area contributed by atoms with Crippen LogP contribution in [-0.4, -0.2) is 15.0 Å².